The van der Waals surface area contributed by atoms with Crippen molar-refractivity contribution in [2.75, 3.05) is 23.4 Å². The van der Waals surface area contributed by atoms with Gasteiger partial charge in [-0.05, 0) is 38.8 Å². The molecule has 2 aliphatic heterocycles. The predicted octanol–water partition coefficient (Wildman–Crippen LogP) is 2.04. The van der Waals surface area contributed by atoms with Crippen LogP contribution in [-0.2, 0) is 4.79 Å². The molecule has 4 nitrogen and oxygen atoms in total. The number of nitrogens with zero attached hydrogens (tertiary/aromatic N) is 2. The maximum absolute atomic E-state index is 11.9. The topological polar surface area (TPSA) is 49.6 Å². The predicted molar refractivity (Wildman–Crippen MR) is 77.4 cm³/mol. The van der Waals surface area contributed by atoms with E-state index in [1.54, 1.807) is 11.9 Å². The van der Waals surface area contributed by atoms with E-state index < -0.39 is 6.04 Å². The van der Waals surface area contributed by atoms with Gasteiger partial charge in [-0.25, -0.2) is 0 Å². The summed E-state index contributed by atoms with van der Waals surface area (Å²) in [5.74, 6) is -0.0205. The molecule has 102 valence electrons. The molecule has 1 amide bonds. The molecule has 0 spiro atoms. The van der Waals surface area contributed by atoms with Crippen molar-refractivity contribution in [2.45, 2.75) is 38.3 Å². The van der Waals surface area contributed by atoms with Gasteiger partial charge in [-0.15, -0.1) is 0 Å². The minimum atomic E-state index is -0.499. The average molecular weight is 259 g/mol. The summed E-state index contributed by atoms with van der Waals surface area (Å²) in [6, 6.07) is 5.71. The van der Waals surface area contributed by atoms with Gasteiger partial charge in [0, 0.05) is 30.4 Å². The Kier molecular flexibility index (Phi) is 2.61. The SMILES string of the molecule is CN1C(=O)C(N)c2ccc(N3CCCC3(C)C)cc21. The highest BCUT2D eigenvalue weighted by atomic mass is 16.2. The third-order valence-electron chi connectivity index (χ3n) is 4.52. The summed E-state index contributed by atoms with van der Waals surface area (Å²) >= 11 is 0. The van der Waals surface area contributed by atoms with Gasteiger partial charge in [0.05, 0.1) is 5.69 Å². The molecule has 19 heavy (non-hydrogen) atoms. The van der Waals surface area contributed by atoms with Crippen LogP contribution in [0.2, 0.25) is 0 Å². The summed E-state index contributed by atoms with van der Waals surface area (Å²) in [7, 11) is 1.80. The Morgan fingerprint density at radius 2 is 2.11 bits per heavy atom. The van der Waals surface area contributed by atoms with Crippen LogP contribution in [-0.4, -0.2) is 25.0 Å². The number of amides is 1. The monoisotopic (exact) mass is 259 g/mol. The number of rotatable bonds is 1. The molecule has 2 heterocycles. The normalized spacial score (nSPS) is 25.1. The van der Waals surface area contributed by atoms with Crippen molar-refractivity contribution in [1.82, 2.24) is 0 Å². The zero-order valence-corrected chi connectivity index (χ0v) is 11.8. The molecule has 0 radical (unpaired) electrons. The number of benzene rings is 1. The van der Waals surface area contributed by atoms with Crippen molar-refractivity contribution in [3.8, 4) is 0 Å². The van der Waals surface area contributed by atoms with Crippen LogP contribution in [0.25, 0.3) is 0 Å². The van der Waals surface area contributed by atoms with Gasteiger partial charge < -0.3 is 15.5 Å². The maximum Gasteiger partial charge on any atom is 0.248 e. The number of fused-ring (bicyclic) bond motifs is 1. The van der Waals surface area contributed by atoms with E-state index in [0.29, 0.717) is 0 Å². The van der Waals surface area contributed by atoms with E-state index in [1.807, 2.05) is 6.07 Å². The summed E-state index contributed by atoms with van der Waals surface area (Å²) < 4.78 is 0. The molecule has 2 aliphatic rings. The van der Waals surface area contributed by atoms with Crippen molar-refractivity contribution in [3.05, 3.63) is 23.8 Å². The van der Waals surface area contributed by atoms with Crippen LogP contribution in [0.3, 0.4) is 0 Å². The summed E-state index contributed by atoms with van der Waals surface area (Å²) in [6.07, 6.45) is 2.43. The van der Waals surface area contributed by atoms with E-state index in [9.17, 15) is 4.79 Å². The lowest BCUT2D eigenvalue weighted by Crippen LogP contribution is -2.38. The van der Waals surface area contributed by atoms with Gasteiger partial charge in [0.25, 0.3) is 0 Å². The third kappa shape index (κ3) is 1.74. The van der Waals surface area contributed by atoms with Crippen LogP contribution >= 0.6 is 0 Å². The van der Waals surface area contributed by atoms with Gasteiger partial charge in [-0.3, -0.25) is 4.79 Å². The Bertz CT molecular complexity index is 538. The first-order valence-corrected chi connectivity index (χ1v) is 6.86. The molecule has 1 fully saturated rings. The van der Waals surface area contributed by atoms with Crippen LogP contribution in [0.4, 0.5) is 11.4 Å². The Morgan fingerprint density at radius 3 is 2.74 bits per heavy atom. The second-order valence-electron chi connectivity index (χ2n) is 6.19. The summed E-state index contributed by atoms with van der Waals surface area (Å²) in [5.41, 5.74) is 9.21. The van der Waals surface area contributed by atoms with Crippen LogP contribution in [0.1, 0.15) is 38.3 Å². The molecule has 1 atom stereocenters. The van der Waals surface area contributed by atoms with Gasteiger partial charge >= 0.3 is 0 Å². The number of anilines is 2. The Labute approximate surface area is 114 Å². The molecule has 1 aromatic carbocycles. The minimum Gasteiger partial charge on any atom is -0.366 e. The first kappa shape index (κ1) is 12.5. The average Bonchev–Trinajstić information content (AvgIpc) is 2.83. The summed E-state index contributed by atoms with van der Waals surface area (Å²) in [5, 5.41) is 0. The van der Waals surface area contributed by atoms with Crippen molar-refractivity contribution in [3.63, 3.8) is 0 Å². The minimum absolute atomic E-state index is 0.0205. The third-order valence-corrected chi connectivity index (χ3v) is 4.52. The highest BCUT2D eigenvalue weighted by molar-refractivity contribution is 6.04. The molecule has 3 rings (SSSR count). The van der Waals surface area contributed by atoms with E-state index in [1.165, 1.54) is 18.5 Å². The zero-order valence-electron chi connectivity index (χ0n) is 11.8. The molecule has 0 aromatic heterocycles. The quantitative estimate of drug-likeness (QED) is 0.839. The van der Waals surface area contributed by atoms with Crippen molar-refractivity contribution >= 4 is 17.3 Å². The second-order valence-corrected chi connectivity index (χ2v) is 6.19. The molecular weight excluding hydrogens is 238 g/mol. The van der Waals surface area contributed by atoms with Gasteiger partial charge in [0.2, 0.25) is 5.91 Å². The smallest absolute Gasteiger partial charge is 0.248 e. The van der Waals surface area contributed by atoms with E-state index >= 15 is 0 Å². The molecule has 2 N–H and O–H groups in total. The van der Waals surface area contributed by atoms with E-state index in [4.69, 9.17) is 5.73 Å². The van der Waals surface area contributed by atoms with E-state index in [-0.39, 0.29) is 11.4 Å². The molecule has 1 aromatic rings. The number of nitrogens with two attached hydrogens (primary N) is 1. The highest BCUT2D eigenvalue weighted by Crippen LogP contribution is 2.40. The van der Waals surface area contributed by atoms with Gasteiger partial charge in [-0.1, -0.05) is 6.07 Å². The molecular formula is C15H21N3O. The van der Waals surface area contributed by atoms with Crippen molar-refractivity contribution in [1.29, 1.82) is 0 Å². The second kappa shape index (κ2) is 3.97. The molecule has 0 saturated carbocycles. The Morgan fingerprint density at radius 1 is 1.37 bits per heavy atom. The van der Waals surface area contributed by atoms with E-state index in [2.05, 4.69) is 30.9 Å². The summed E-state index contributed by atoms with van der Waals surface area (Å²) in [4.78, 5) is 16.0. The van der Waals surface area contributed by atoms with Crippen LogP contribution in [0, 0.1) is 0 Å². The number of carbonyl (C=O) groups excluding carboxylic acids is 1. The molecule has 0 bridgehead atoms. The van der Waals surface area contributed by atoms with Crippen LogP contribution in [0.5, 0.6) is 0 Å². The fraction of sp³-hybridized carbons (Fsp3) is 0.533. The van der Waals surface area contributed by atoms with Crippen molar-refractivity contribution in [2.24, 2.45) is 5.73 Å². The standard InChI is InChI=1S/C15H21N3O/c1-15(2)7-4-8-18(15)10-5-6-11-12(9-10)17(3)14(19)13(11)16/h5-6,9,13H,4,7-8,16H2,1-3H3. The number of hydrogen-bond acceptors (Lipinski definition) is 3. The summed E-state index contributed by atoms with van der Waals surface area (Å²) in [6.45, 7) is 5.62. The van der Waals surface area contributed by atoms with Gasteiger partial charge in [0.15, 0.2) is 0 Å². The van der Waals surface area contributed by atoms with Crippen LogP contribution in [0.15, 0.2) is 18.2 Å². The molecule has 0 aliphatic carbocycles. The van der Waals surface area contributed by atoms with Gasteiger partial charge in [-0.2, -0.15) is 0 Å². The number of hydrogen-bond donors (Lipinski definition) is 1. The first-order chi connectivity index (χ1) is 8.92. The Balaban J connectivity index is 2.02. The largest absolute Gasteiger partial charge is 0.366 e. The fourth-order valence-electron chi connectivity index (χ4n) is 3.30. The van der Waals surface area contributed by atoms with Gasteiger partial charge in [0.1, 0.15) is 6.04 Å². The van der Waals surface area contributed by atoms with Crippen LogP contribution < -0.4 is 15.5 Å². The molecule has 1 unspecified atom stereocenters. The molecule has 1 saturated heterocycles. The Hall–Kier alpha value is -1.55. The molecule has 4 heteroatoms. The number of carbonyl (C=O) groups is 1. The zero-order chi connectivity index (χ0) is 13.8. The lowest BCUT2D eigenvalue weighted by Gasteiger charge is -2.34. The highest BCUT2D eigenvalue weighted by Gasteiger charge is 2.35. The van der Waals surface area contributed by atoms with Crippen molar-refractivity contribution < 1.29 is 4.79 Å². The first-order valence-electron chi connectivity index (χ1n) is 6.86. The lowest BCUT2D eigenvalue weighted by atomic mass is 10.0. The maximum atomic E-state index is 11.9. The fourth-order valence-corrected chi connectivity index (χ4v) is 3.30. The number of likely N-dealkylation sites (N-methyl/N-ethyl adjacent to an activating group) is 1. The lowest BCUT2D eigenvalue weighted by molar-refractivity contribution is -0.118. The van der Waals surface area contributed by atoms with E-state index in [0.717, 1.165) is 17.8 Å².